The van der Waals surface area contributed by atoms with Crippen molar-refractivity contribution in [1.29, 1.82) is 0 Å². The Kier molecular flexibility index (Phi) is 2.70. The summed E-state index contributed by atoms with van der Waals surface area (Å²) in [5.41, 5.74) is -0.0748. The number of aliphatic hydroxyl groups is 1. The van der Waals surface area contributed by atoms with Crippen molar-refractivity contribution in [2.24, 2.45) is 0 Å². The van der Waals surface area contributed by atoms with Crippen LogP contribution >= 0.6 is 0 Å². The molecule has 2 aromatic heterocycles. The van der Waals surface area contributed by atoms with Gasteiger partial charge in [0.25, 0.3) is 0 Å². The standard InChI is InChI=1S/C13H18FN3O/c1-12(2,3)8-6-9(14)10(13(4,5)18)17-11(8)15-7-16-17/h6-7,18H,1-5H3. The molecule has 0 aliphatic rings. The largest absolute Gasteiger partial charge is 0.384 e. The van der Waals surface area contributed by atoms with E-state index in [1.54, 1.807) is 0 Å². The van der Waals surface area contributed by atoms with Gasteiger partial charge in [-0.1, -0.05) is 20.8 Å². The molecule has 18 heavy (non-hydrogen) atoms. The van der Waals surface area contributed by atoms with Gasteiger partial charge in [0, 0.05) is 5.56 Å². The summed E-state index contributed by atoms with van der Waals surface area (Å²) in [6, 6.07) is 1.44. The minimum Gasteiger partial charge on any atom is -0.384 e. The highest BCUT2D eigenvalue weighted by Crippen LogP contribution is 2.31. The van der Waals surface area contributed by atoms with Crippen LogP contribution in [0.3, 0.4) is 0 Å². The number of aromatic nitrogens is 3. The van der Waals surface area contributed by atoms with E-state index in [9.17, 15) is 9.50 Å². The molecule has 0 aliphatic heterocycles. The van der Waals surface area contributed by atoms with Crippen LogP contribution in [0.15, 0.2) is 12.4 Å². The second-order valence-corrected chi connectivity index (χ2v) is 6.06. The molecule has 1 N–H and O–H groups in total. The second-order valence-electron chi connectivity index (χ2n) is 6.06. The third kappa shape index (κ3) is 1.99. The van der Waals surface area contributed by atoms with Gasteiger partial charge in [0.1, 0.15) is 23.4 Å². The van der Waals surface area contributed by atoms with Crippen LogP contribution in [0.5, 0.6) is 0 Å². The lowest BCUT2D eigenvalue weighted by Gasteiger charge is -2.24. The maximum absolute atomic E-state index is 14.2. The predicted octanol–water partition coefficient (Wildman–Crippen LogP) is 2.39. The number of pyridine rings is 1. The van der Waals surface area contributed by atoms with Crippen LogP contribution in [-0.2, 0) is 11.0 Å². The van der Waals surface area contributed by atoms with Gasteiger partial charge in [0.2, 0.25) is 0 Å². The van der Waals surface area contributed by atoms with Gasteiger partial charge in [-0.15, -0.1) is 0 Å². The summed E-state index contributed by atoms with van der Waals surface area (Å²) in [6.07, 6.45) is 1.37. The average molecular weight is 251 g/mol. The van der Waals surface area contributed by atoms with Gasteiger partial charge in [0.15, 0.2) is 5.65 Å². The molecule has 2 rings (SSSR count). The third-order valence-corrected chi connectivity index (χ3v) is 2.89. The third-order valence-electron chi connectivity index (χ3n) is 2.89. The van der Waals surface area contributed by atoms with E-state index >= 15 is 0 Å². The Morgan fingerprint density at radius 1 is 1.22 bits per heavy atom. The monoisotopic (exact) mass is 251 g/mol. The highest BCUT2D eigenvalue weighted by Gasteiger charge is 2.29. The van der Waals surface area contributed by atoms with Crippen molar-refractivity contribution in [2.75, 3.05) is 0 Å². The Bertz CT molecular complexity index is 591. The number of halogens is 1. The fourth-order valence-corrected chi connectivity index (χ4v) is 2.05. The summed E-state index contributed by atoms with van der Waals surface area (Å²) in [5.74, 6) is -0.467. The number of hydrogen-bond donors (Lipinski definition) is 1. The molecule has 2 aromatic rings. The highest BCUT2D eigenvalue weighted by atomic mass is 19.1. The van der Waals surface area contributed by atoms with Crippen LogP contribution in [0.2, 0.25) is 0 Å². The molecule has 0 saturated heterocycles. The Morgan fingerprint density at radius 2 is 1.83 bits per heavy atom. The van der Waals surface area contributed by atoms with Crippen molar-refractivity contribution in [3.05, 3.63) is 29.5 Å². The molecule has 0 aromatic carbocycles. The van der Waals surface area contributed by atoms with Gasteiger partial charge < -0.3 is 5.11 Å². The first-order valence-corrected chi connectivity index (χ1v) is 5.88. The molecule has 0 atom stereocenters. The maximum atomic E-state index is 14.2. The number of nitrogens with zero attached hydrogens (tertiary/aromatic N) is 3. The SMILES string of the molecule is CC(C)(C)c1cc(F)c(C(C)(C)O)n2ncnc12. The summed E-state index contributed by atoms with van der Waals surface area (Å²) in [5, 5.41) is 14.1. The van der Waals surface area contributed by atoms with E-state index in [4.69, 9.17) is 0 Å². The van der Waals surface area contributed by atoms with Crippen LogP contribution < -0.4 is 0 Å². The van der Waals surface area contributed by atoms with E-state index in [0.717, 1.165) is 5.56 Å². The molecular formula is C13H18FN3O. The predicted molar refractivity (Wildman–Crippen MR) is 66.9 cm³/mol. The number of rotatable bonds is 1. The van der Waals surface area contributed by atoms with Gasteiger partial charge in [-0.05, 0) is 25.3 Å². The van der Waals surface area contributed by atoms with Gasteiger partial charge in [-0.25, -0.2) is 13.9 Å². The summed E-state index contributed by atoms with van der Waals surface area (Å²) in [7, 11) is 0. The lowest BCUT2D eigenvalue weighted by atomic mass is 9.87. The van der Waals surface area contributed by atoms with Crippen LogP contribution in [0, 0.1) is 5.82 Å². The summed E-state index contributed by atoms with van der Waals surface area (Å²) in [6.45, 7) is 9.02. The summed E-state index contributed by atoms with van der Waals surface area (Å²) >= 11 is 0. The fourth-order valence-electron chi connectivity index (χ4n) is 2.05. The topological polar surface area (TPSA) is 50.4 Å². The molecular weight excluding hydrogens is 233 g/mol. The minimum absolute atomic E-state index is 0.128. The molecule has 5 heteroatoms. The van der Waals surface area contributed by atoms with E-state index in [1.165, 1.54) is 30.8 Å². The minimum atomic E-state index is -1.31. The van der Waals surface area contributed by atoms with E-state index in [2.05, 4.69) is 10.1 Å². The lowest BCUT2D eigenvalue weighted by Crippen LogP contribution is -2.25. The molecule has 0 unspecified atom stereocenters. The highest BCUT2D eigenvalue weighted by molar-refractivity contribution is 5.52. The maximum Gasteiger partial charge on any atom is 0.159 e. The summed E-state index contributed by atoms with van der Waals surface area (Å²) in [4.78, 5) is 4.17. The van der Waals surface area contributed by atoms with Crippen molar-refractivity contribution >= 4 is 5.65 Å². The molecule has 0 fully saturated rings. The van der Waals surface area contributed by atoms with Crippen LogP contribution in [-0.4, -0.2) is 19.7 Å². The van der Waals surface area contributed by atoms with Crippen molar-refractivity contribution in [3.8, 4) is 0 Å². The van der Waals surface area contributed by atoms with Gasteiger partial charge in [-0.2, -0.15) is 5.10 Å². The zero-order valence-electron chi connectivity index (χ0n) is 11.3. The van der Waals surface area contributed by atoms with Crippen molar-refractivity contribution in [3.63, 3.8) is 0 Å². The summed E-state index contributed by atoms with van der Waals surface area (Å²) < 4.78 is 15.6. The lowest BCUT2D eigenvalue weighted by molar-refractivity contribution is 0.0668. The smallest absolute Gasteiger partial charge is 0.159 e. The molecule has 2 heterocycles. The van der Waals surface area contributed by atoms with Crippen LogP contribution in [0.25, 0.3) is 5.65 Å². The zero-order chi connectivity index (χ0) is 13.7. The first kappa shape index (κ1) is 13.0. The van der Waals surface area contributed by atoms with E-state index in [0.29, 0.717) is 5.65 Å². The number of hydrogen-bond acceptors (Lipinski definition) is 3. The Balaban J connectivity index is 2.87. The van der Waals surface area contributed by atoms with Crippen LogP contribution in [0.4, 0.5) is 4.39 Å². The van der Waals surface area contributed by atoms with Crippen molar-refractivity contribution in [1.82, 2.24) is 14.6 Å². The normalized spacial score (nSPS) is 13.3. The first-order chi connectivity index (χ1) is 8.12. The Hall–Kier alpha value is -1.49. The molecule has 0 aliphatic carbocycles. The van der Waals surface area contributed by atoms with Gasteiger partial charge in [-0.3, -0.25) is 0 Å². The van der Waals surface area contributed by atoms with Gasteiger partial charge >= 0.3 is 0 Å². The van der Waals surface area contributed by atoms with Crippen molar-refractivity contribution < 1.29 is 9.50 Å². The Morgan fingerprint density at radius 3 is 2.33 bits per heavy atom. The quantitative estimate of drug-likeness (QED) is 0.846. The second kappa shape index (κ2) is 3.75. The van der Waals surface area contributed by atoms with E-state index in [-0.39, 0.29) is 11.1 Å². The van der Waals surface area contributed by atoms with Gasteiger partial charge in [0.05, 0.1) is 0 Å². The first-order valence-electron chi connectivity index (χ1n) is 5.88. The molecule has 0 radical (unpaired) electrons. The Labute approximate surface area is 105 Å². The molecule has 0 amide bonds. The zero-order valence-corrected chi connectivity index (χ0v) is 11.3. The fraction of sp³-hybridized carbons (Fsp3) is 0.538. The number of fused-ring (bicyclic) bond motifs is 1. The molecule has 0 bridgehead atoms. The van der Waals surface area contributed by atoms with E-state index < -0.39 is 11.4 Å². The molecule has 4 nitrogen and oxygen atoms in total. The molecule has 0 saturated carbocycles. The van der Waals surface area contributed by atoms with E-state index in [1.807, 2.05) is 20.8 Å². The average Bonchev–Trinajstić information content (AvgIpc) is 2.60. The van der Waals surface area contributed by atoms with Crippen molar-refractivity contribution in [2.45, 2.75) is 45.6 Å². The molecule has 98 valence electrons. The van der Waals surface area contributed by atoms with Crippen LogP contribution in [0.1, 0.15) is 45.9 Å². The molecule has 0 spiro atoms.